The van der Waals surface area contributed by atoms with Crippen molar-refractivity contribution < 1.29 is 9.90 Å². The summed E-state index contributed by atoms with van der Waals surface area (Å²) in [6.45, 7) is 0. The van der Waals surface area contributed by atoms with E-state index in [1.807, 2.05) is 54.6 Å². The fourth-order valence-electron chi connectivity index (χ4n) is 3.72. The number of benzene rings is 4. The SMILES string of the molecule is O=C(C[P+](c1ccccc1)(c1ccccc1)c1ccccc1)c1ccc(O)cc1. The first-order chi connectivity index (χ1) is 14.2. The van der Waals surface area contributed by atoms with Gasteiger partial charge in [0.25, 0.3) is 0 Å². The molecule has 0 fully saturated rings. The van der Waals surface area contributed by atoms with Gasteiger partial charge in [0.2, 0.25) is 5.78 Å². The normalized spacial score (nSPS) is 11.2. The van der Waals surface area contributed by atoms with Crippen molar-refractivity contribution in [2.75, 3.05) is 6.16 Å². The molecule has 0 saturated carbocycles. The number of carbonyl (C=O) groups excluding carboxylic acids is 1. The lowest BCUT2D eigenvalue weighted by molar-refractivity contribution is 0.102. The van der Waals surface area contributed by atoms with Gasteiger partial charge in [-0.3, -0.25) is 4.79 Å². The summed E-state index contributed by atoms with van der Waals surface area (Å²) in [5.41, 5.74) is 0.620. The van der Waals surface area contributed by atoms with Gasteiger partial charge < -0.3 is 5.11 Å². The Morgan fingerprint density at radius 2 is 0.966 bits per heavy atom. The van der Waals surface area contributed by atoms with Crippen molar-refractivity contribution in [3.05, 3.63) is 121 Å². The molecule has 0 saturated heterocycles. The standard InChI is InChI=1S/C26H21O2P/c27-22-18-16-21(17-19-22)26(28)20-29(23-10-4-1-5-11-23,24-12-6-2-7-13-24)25-14-8-3-9-15-25/h1-19H,20H2/p+1. The summed E-state index contributed by atoms with van der Waals surface area (Å²) in [4.78, 5) is 13.4. The predicted molar refractivity (Wildman–Crippen MR) is 122 cm³/mol. The molecule has 4 aromatic carbocycles. The monoisotopic (exact) mass is 397 g/mol. The Morgan fingerprint density at radius 3 is 1.34 bits per heavy atom. The van der Waals surface area contributed by atoms with Crippen LogP contribution in [0.3, 0.4) is 0 Å². The highest BCUT2D eigenvalue weighted by atomic mass is 31.2. The number of hydrogen-bond donors (Lipinski definition) is 1. The summed E-state index contributed by atoms with van der Waals surface area (Å²) in [6.07, 6.45) is 0.399. The highest BCUT2D eigenvalue weighted by molar-refractivity contribution is 7.96. The zero-order valence-corrected chi connectivity index (χ0v) is 16.9. The van der Waals surface area contributed by atoms with E-state index in [1.165, 1.54) is 15.9 Å². The molecule has 0 bridgehead atoms. The molecular formula is C26H22O2P+. The van der Waals surface area contributed by atoms with Gasteiger partial charge in [0.15, 0.2) is 0 Å². The van der Waals surface area contributed by atoms with Crippen molar-refractivity contribution in [1.82, 2.24) is 0 Å². The van der Waals surface area contributed by atoms with Crippen LogP contribution in [0.1, 0.15) is 10.4 Å². The Labute approximate surface area is 171 Å². The van der Waals surface area contributed by atoms with Crippen molar-refractivity contribution in [2.24, 2.45) is 0 Å². The first-order valence-electron chi connectivity index (χ1n) is 9.57. The molecule has 0 atom stereocenters. The molecular weight excluding hydrogens is 375 g/mol. The van der Waals surface area contributed by atoms with Crippen molar-refractivity contribution in [3.63, 3.8) is 0 Å². The topological polar surface area (TPSA) is 37.3 Å². The third-order valence-electron chi connectivity index (χ3n) is 5.16. The number of hydrogen-bond acceptors (Lipinski definition) is 2. The molecule has 4 rings (SSSR count). The number of aromatic hydroxyl groups is 1. The highest BCUT2D eigenvalue weighted by Gasteiger charge is 2.47. The van der Waals surface area contributed by atoms with Crippen LogP contribution < -0.4 is 15.9 Å². The van der Waals surface area contributed by atoms with Gasteiger partial charge in [0, 0.05) is 5.56 Å². The van der Waals surface area contributed by atoms with Crippen LogP contribution in [-0.2, 0) is 0 Å². The van der Waals surface area contributed by atoms with Crippen molar-refractivity contribution in [3.8, 4) is 5.75 Å². The lowest BCUT2D eigenvalue weighted by Crippen LogP contribution is -2.35. The zero-order chi connectivity index (χ0) is 20.1. The molecule has 0 amide bonds. The Bertz CT molecular complexity index is 979. The highest BCUT2D eigenvalue weighted by Crippen LogP contribution is 2.55. The number of carbonyl (C=O) groups is 1. The maximum Gasteiger partial charge on any atom is 0.201 e. The molecule has 29 heavy (non-hydrogen) atoms. The van der Waals surface area contributed by atoms with Gasteiger partial charge in [-0.1, -0.05) is 54.6 Å². The van der Waals surface area contributed by atoms with Crippen LogP contribution in [0.25, 0.3) is 0 Å². The summed E-state index contributed by atoms with van der Waals surface area (Å²) >= 11 is 0. The van der Waals surface area contributed by atoms with Crippen molar-refractivity contribution >= 4 is 29.0 Å². The molecule has 0 unspecified atom stereocenters. The molecule has 1 N–H and O–H groups in total. The van der Waals surface area contributed by atoms with Crippen LogP contribution in [-0.4, -0.2) is 17.1 Å². The minimum Gasteiger partial charge on any atom is -0.508 e. The Balaban J connectivity index is 1.92. The second kappa shape index (κ2) is 8.43. The fraction of sp³-hybridized carbons (Fsp3) is 0.0385. The van der Waals surface area contributed by atoms with E-state index in [1.54, 1.807) is 24.3 Å². The first-order valence-corrected chi connectivity index (χ1v) is 11.5. The lowest BCUT2D eigenvalue weighted by atomic mass is 10.1. The predicted octanol–water partition coefficient (Wildman–Crippen LogP) is 4.57. The molecule has 3 heteroatoms. The van der Waals surface area contributed by atoms with E-state index >= 15 is 0 Å². The minimum atomic E-state index is -2.20. The average molecular weight is 397 g/mol. The van der Waals surface area contributed by atoms with Gasteiger partial charge >= 0.3 is 0 Å². The maximum atomic E-state index is 13.4. The van der Waals surface area contributed by atoms with E-state index in [9.17, 15) is 9.90 Å². The van der Waals surface area contributed by atoms with E-state index in [0.717, 1.165) is 0 Å². The van der Waals surface area contributed by atoms with Gasteiger partial charge in [0.1, 0.15) is 35.1 Å². The summed E-state index contributed by atoms with van der Waals surface area (Å²) in [5, 5.41) is 13.2. The molecule has 0 aliphatic heterocycles. The lowest BCUT2D eigenvalue weighted by Gasteiger charge is -2.27. The van der Waals surface area contributed by atoms with Crippen LogP contribution in [0.2, 0.25) is 0 Å². The molecule has 142 valence electrons. The molecule has 0 spiro atoms. The van der Waals surface area contributed by atoms with E-state index in [0.29, 0.717) is 11.7 Å². The van der Waals surface area contributed by atoms with Crippen LogP contribution in [0, 0.1) is 0 Å². The van der Waals surface area contributed by atoms with Crippen LogP contribution in [0.5, 0.6) is 5.75 Å². The van der Waals surface area contributed by atoms with Crippen LogP contribution >= 0.6 is 7.26 Å². The Hall–Kier alpha value is -3.22. The van der Waals surface area contributed by atoms with Crippen LogP contribution in [0.4, 0.5) is 0 Å². The molecule has 0 aliphatic rings. The quantitative estimate of drug-likeness (QED) is 0.382. The van der Waals surface area contributed by atoms with E-state index < -0.39 is 7.26 Å². The number of rotatable bonds is 6. The van der Waals surface area contributed by atoms with E-state index in [-0.39, 0.29) is 11.5 Å². The number of Topliss-reactive ketones (excluding diaryl/α,β-unsaturated/α-hetero) is 1. The van der Waals surface area contributed by atoms with E-state index in [4.69, 9.17) is 0 Å². The third kappa shape index (κ3) is 3.85. The zero-order valence-electron chi connectivity index (χ0n) is 16.0. The number of phenolic OH excluding ortho intramolecular Hbond substituents is 1. The van der Waals surface area contributed by atoms with Gasteiger partial charge in [-0.05, 0) is 60.7 Å². The molecule has 0 aromatic heterocycles. The minimum absolute atomic E-state index is 0.0786. The van der Waals surface area contributed by atoms with Crippen molar-refractivity contribution in [2.45, 2.75) is 0 Å². The second-order valence-electron chi connectivity index (χ2n) is 6.94. The van der Waals surface area contributed by atoms with E-state index in [2.05, 4.69) is 36.4 Å². The van der Waals surface area contributed by atoms with Crippen LogP contribution in [0.15, 0.2) is 115 Å². The smallest absolute Gasteiger partial charge is 0.201 e. The van der Waals surface area contributed by atoms with Gasteiger partial charge in [0.05, 0.1) is 0 Å². The molecule has 0 radical (unpaired) electrons. The molecule has 4 aromatic rings. The summed E-state index contributed by atoms with van der Waals surface area (Å²) in [5.74, 6) is 0.242. The molecule has 2 nitrogen and oxygen atoms in total. The Morgan fingerprint density at radius 1 is 0.586 bits per heavy atom. The third-order valence-corrected chi connectivity index (χ3v) is 9.46. The average Bonchev–Trinajstić information content (AvgIpc) is 2.79. The summed E-state index contributed by atoms with van der Waals surface area (Å²) in [6, 6.07) is 37.7. The van der Waals surface area contributed by atoms with Gasteiger partial charge in [-0.15, -0.1) is 0 Å². The summed E-state index contributed by atoms with van der Waals surface area (Å²) in [7, 11) is -2.20. The molecule has 0 heterocycles. The molecule has 0 aliphatic carbocycles. The summed E-state index contributed by atoms with van der Waals surface area (Å²) < 4.78 is 0. The number of phenols is 1. The van der Waals surface area contributed by atoms with Crippen molar-refractivity contribution in [1.29, 1.82) is 0 Å². The first kappa shape index (κ1) is 19.1. The Kier molecular flexibility index (Phi) is 5.55. The van der Waals surface area contributed by atoms with Gasteiger partial charge in [-0.25, -0.2) is 0 Å². The second-order valence-corrected chi connectivity index (χ2v) is 10.4. The largest absolute Gasteiger partial charge is 0.508 e. The fourth-order valence-corrected chi connectivity index (χ4v) is 7.82. The maximum absolute atomic E-state index is 13.4. The number of ketones is 1. The van der Waals surface area contributed by atoms with Gasteiger partial charge in [-0.2, -0.15) is 0 Å².